The van der Waals surface area contributed by atoms with E-state index in [9.17, 15) is 0 Å². The van der Waals surface area contributed by atoms with Crippen LogP contribution in [0.1, 0.15) is 0 Å². The van der Waals surface area contributed by atoms with Gasteiger partial charge in [0.15, 0.2) is 11.5 Å². The minimum atomic E-state index is 0.428. The van der Waals surface area contributed by atoms with Crippen molar-refractivity contribution < 1.29 is 14.2 Å². The summed E-state index contributed by atoms with van der Waals surface area (Å²) in [6.45, 7) is 0. The molecule has 1 aromatic carbocycles. The molecular weight excluding hydrogens is 326 g/mol. The first-order valence-corrected chi connectivity index (χ1v) is 6.52. The van der Waals surface area contributed by atoms with Gasteiger partial charge in [0.25, 0.3) is 0 Å². The Labute approximate surface area is 125 Å². The molecule has 0 aliphatic heterocycles. The van der Waals surface area contributed by atoms with Crippen molar-refractivity contribution in [3.05, 3.63) is 28.9 Å². The Morgan fingerprint density at radius 3 is 2.45 bits per heavy atom. The maximum absolute atomic E-state index is 5.24. The fourth-order valence-corrected chi connectivity index (χ4v) is 1.95. The Morgan fingerprint density at radius 1 is 1.05 bits per heavy atom. The van der Waals surface area contributed by atoms with E-state index >= 15 is 0 Å². The number of ether oxygens (including phenoxy) is 3. The lowest BCUT2D eigenvalue weighted by molar-refractivity contribution is 0.355. The van der Waals surface area contributed by atoms with E-state index in [2.05, 4.69) is 31.2 Å². The van der Waals surface area contributed by atoms with E-state index in [1.54, 1.807) is 39.7 Å². The quantitative estimate of drug-likeness (QED) is 0.903. The van der Waals surface area contributed by atoms with Crippen LogP contribution in [0, 0.1) is 0 Å². The van der Waals surface area contributed by atoms with E-state index in [-0.39, 0.29) is 0 Å². The number of hydrogen-bond acceptors (Lipinski definition) is 6. The Morgan fingerprint density at radius 2 is 1.80 bits per heavy atom. The van der Waals surface area contributed by atoms with Crippen LogP contribution in [0.15, 0.2) is 28.9 Å². The first-order valence-electron chi connectivity index (χ1n) is 5.73. The van der Waals surface area contributed by atoms with Crippen molar-refractivity contribution in [2.24, 2.45) is 0 Å². The standard InChI is InChI=1S/C13H14BrN3O3/c1-18-10-5-4-8(6-11(10)19-2)16-13-15-7-9(14)12(17-13)20-3/h4-7H,1-3H3,(H,15,16,17). The van der Waals surface area contributed by atoms with Gasteiger partial charge in [0.1, 0.15) is 0 Å². The first kappa shape index (κ1) is 14.4. The van der Waals surface area contributed by atoms with E-state index in [4.69, 9.17) is 14.2 Å². The number of aromatic nitrogens is 2. The van der Waals surface area contributed by atoms with Crippen LogP contribution in [0.3, 0.4) is 0 Å². The van der Waals surface area contributed by atoms with Crippen molar-refractivity contribution in [3.63, 3.8) is 0 Å². The molecule has 0 radical (unpaired) electrons. The van der Waals surface area contributed by atoms with Crippen molar-refractivity contribution >= 4 is 27.6 Å². The van der Waals surface area contributed by atoms with Crippen molar-refractivity contribution in [1.82, 2.24) is 9.97 Å². The molecule has 20 heavy (non-hydrogen) atoms. The number of nitrogens with one attached hydrogen (secondary N) is 1. The smallest absolute Gasteiger partial charge is 0.232 e. The fraction of sp³-hybridized carbons (Fsp3) is 0.231. The van der Waals surface area contributed by atoms with Crippen molar-refractivity contribution in [2.75, 3.05) is 26.6 Å². The van der Waals surface area contributed by atoms with Gasteiger partial charge in [0.2, 0.25) is 11.8 Å². The van der Waals surface area contributed by atoms with Crippen LogP contribution in [0.25, 0.3) is 0 Å². The second-order valence-electron chi connectivity index (χ2n) is 3.75. The van der Waals surface area contributed by atoms with Gasteiger partial charge in [-0.2, -0.15) is 4.98 Å². The van der Waals surface area contributed by atoms with Crippen LogP contribution in [-0.2, 0) is 0 Å². The van der Waals surface area contributed by atoms with E-state index in [0.29, 0.717) is 27.8 Å². The molecule has 0 bridgehead atoms. The summed E-state index contributed by atoms with van der Waals surface area (Å²) in [5.74, 6) is 2.18. The molecule has 7 heteroatoms. The fourth-order valence-electron chi connectivity index (χ4n) is 1.60. The average molecular weight is 340 g/mol. The third-order valence-corrected chi connectivity index (χ3v) is 3.09. The number of benzene rings is 1. The van der Waals surface area contributed by atoms with Gasteiger partial charge in [0.05, 0.1) is 32.0 Å². The summed E-state index contributed by atoms with van der Waals surface area (Å²) in [5.41, 5.74) is 0.784. The average Bonchev–Trinajstić information content (AvgIpc) is 2.49. The van der Waals surface area contributed by atoms with Crippen LogP contribution in [0.4, 0.5) is 11.6 Å². The van der Waals surface area contributed by atoms with Gasteiger partial charge in [-0.3, -0.25) is 0 Å². The van der Waals surface area contributed by atoms with Crippen LogP contribution >= 0.6 is 15.9 Å². The lowest BCUT2D eigenvalue weighted by atomic mass is 10.3. The highest BCUT2D eigenvalue weighted by Gasteiger charge is 2.08. The number of hydrogen-bond donors (Lipinski definition) is 1. The summed E-state index contributed by atoms with van der Waals surface area (Å²) in [5, 5.41) is 3.07. The summed E-state index contributed by atoms with van der Waals surface area (Å²) in [6.07, 6.45) is 1.62. The SMILES string of the molecule is COc1ccc(Nc2ncc(Br)c(OC)n2)cc1OC. The molecule has 2 rings (SSSR count). The maximum Gasteiger partial charge on any atom is 0.232 e. The molecule has 0 fully saturated rings. The zero-order chi connectivity index (χ0) is 14.5. The Bertz CT molecular complexity index is 607. The maximum atomic E-state index is 5.24. The van der Waals surface area contributed by atoms with E-state index in [1.165, 1.54) is 0 Å². The predicted molar refractivity (Wildman–Crippen MR) is 79.1 cm³/mol. The number of rotatable bonds is 5. The number of methoxy groups -OCH3 is 3. The Kier molecular flexibility index (Phi) is 4.62. The van der Waals surface area contributed by atoms with Gasteiger partial charge < -0.3 is 19.5 Å². The van der Waals surface area contributed by atoms with Crippen LogP contribution in [0.2, 0.25) is 0 Å². The molecule has 1 N–H and O–H groups in total. The largest absolute Gasteiger partial charge is 0.493 e. The highest BCUT2D eigenvalue weighted by molar-refractivity contribution is 9.10. The molecule has 1 heterocycles. The van der Waals surface area contributed by atoms with Crippen molar-refractivity contribution in [2.45, 2.75) is 0 Å². The zero-order valence-corrected chi connectivity index (χ0v) is 12.9. The highest BCUT2D eigenvalue weighted by Crippen LogP contribution is 2.31. The van der Waals surface area contributed by atoms with Crippen LogP contribution < -0.4 is 19.5 Å². The zero-order valence-electron chi connectivity index (χ0n) is 11.3. The molecule has 0 saturated carbocycles. The molecule has 0 amide bonds. The molecule has 0 aliphatic carbocycles. The predicted octanol–water partition coefficient (Wildman–Crippen LogP) is 3.01. The summed E-state index contributed by atoms with van der Waals surface area (Å²) in [7, 11) is 4.72. The first-order chi connectivity index (χ1) is 9.67. The van der Waals surface area contributed by atoms with Gasteiger partial charge in [0, 0.05) is 11.8 Å². The summed E-state index contributed by atoms with van der Waals surface area (Å²) < 4.78 is 16.2. The van der Waals surface area contributed by atoms with Crippen molar-refractivity contribution in [3.8, 4) is 17.4 Å². The molecule has 106 valence electrons. The van der Waals surface area contributed by atoms with Crippen LogP contribution in [-0.4, -0.2) is 31.3 Å². The van der Waals surface area contributed by atoms with Gasteiger partial charge in [-0.1, -0.05) is 0 Å². The second-order valence-corrected chi connectivity index (χ2v) is 4.60. The van der Waals surface area contributed by atoms with E-state index < -0.39 is 0 Å². The molecule has 0 atom stereocenters. The molecule has 1 aromatic heterocycles. The Hall–Kier alpha value is -2.02. The topological polar surface area (TPSA) is 65.5 Å². The monoisotopic (exact) mass is 339 g/mol. The highest BCUT2D eigenvalue weighted by atomic mass is 79.9. The van der Waals surface area contributed by atoms with E-state index in [1.807, 2.05) is 6.07 Å². The molecule has 6 nitrogen and oxygen atoms in total. The van der Waals surface area contributed by atoms with Gasteiger partial charge >= 0.3 is 0 Å². The minimum absolute atomic E-state index is 0.428. The summed E-state index contributed by atoms with van der Waals surface area (Å²) >= 11 is 3.30. The van der Waals surface area contributed by atoms with Gasteiger partial charge in [-0.15, -0.1) is 0 Å². The number of halogens is 1. The molecule has 0 unspecified atom stereocenters. The third-order valence-electron chi connectivity index (χ3n) is 2.54. The van der Waals surface area contributed by atoms with Crippen LogP contribution in [0.5, 0.6) is 17.4 Å². The lowest BCUT2D eigenvalue weighted by Gasteiger charge is -2.11. The van der Waals surface area contributed by atoms with Gasteiger partial charge in [-0.25, -0.2) is 4.98 Å². The number of nitrogens with zero attached hydrogens (tertiary/aromatic N) is 2. The third kappa shape index (κ3) is 3.11. The van der Waals surface area contributed by atoms with Gasteiger partial charge in [-0.05, 0) is 28.1 Å². The number of anilines is 2. The summed E-state index contributed by atoms with van der Waals surface area (Å²) in [4.78, 5) is 8.38. The van der Waals surface area contributed by atoms with E-state index in [0.717, 1.165) is 5.69 Å². The molecule has 0 spiro atoms. The normalized spacial score (nSPS) is 10.0. The van der Waals surface area contributed by atoms with Crippen molar-refractivity contribution in [1.29, 1.82) is 0 Å². The second kappa shape index (κ2) is 6.42. The molecule has 0 aliphatic rings. The molecular formula is C13H14BrN3O3. The minimum Gasteiger partial charge on any atom is -0.493 e. The summed E-state index contributed by atoms with van der Waals surface area (Å²) in [6, 6.07) is 5.45. The molecule has 2 aromatic rings. The molecule has 0 saturated heterocycles. The lowest BCUT2D eigenvalue weighted by Crippen LogP contribution is -2.00. The Balaban J connectivity index is 2.25.